The number of H-pyrrole nitrogens is 1. The van der Waals surface area contributed by atoms with Gasteiger partial charge in [-0.05, 0) is 45.2 Å². The molecule has 0 amide bonds. The number of aromatic amines is 1. The van der Waals surface area contributed by atoms with Gasteiger partial charge < -0.3 is 15.2 Å². The summed E-state index contributed by atoms with van der Waals surface area (Å²) >= 11 is 0. The van der Waals surface area contributed by atoms with Gasteiger partial charge in [-0.15, -0.1) is 0 Å². The molecule has 0 aliphatic carbocycles. The Balaban J connectivity index is 1.80. The van der Waals surface area contributed by atoms with E-state index < -0.39 is 17.9 Å². The van der Waals surface area contributed by atoms with Crippen LogP contribution in [-0.2, 0) is 13.2 Å². The second-order valence-corrected chi connectivity index (χ2v) is 7.55. The van der Waals surface area contributed by atoms with Crippen LogP contribution in [-0.4, -0.2) is 33.9 Å². The first-order valence-electron chi connectivity index (χ1n) is 9.87. The van der Waals surface area contributed by atoms with Crippen LogP contribution in [0.4, 0.5) is 0 Å². The summed E-state index contributed by atoms with van der Waals surface area (Å²) in [5, 5.41) is 12.8. The molecule has 0 saturated carbocycles. The number of rotatable bonds is 7. The van der Waals surface area contributed by atoms with Crippen molar-refractivity contribution < 1.29 is 9.84 Å². The molecule has 1 unspecified atom stereocenters. The lowest BCUT2D eigenvalue weighted by molar-refractivity contribution is 0.264. The van der Waals surface area contributed by atoms with E-state index in [0.717, 1.165) is 35.4 Å². The number of hydrogen-bond acceptors (Lipinski definition) is 5. The summed E-state index contributed by atoms with van der Waals surface area (Å²) < 4.78 is 7.54. The average Bonchev–Trinajstić information content (AvgIpc) is 2.66. The van der Waals surface area contributed by atoms with Gasteiger partial charge in [0.2, 0.25) is 0 Å². The Labute approximate surface area is 164 Å². The summed E-state index contributed by atoms with van der Waals surface area (Å²) in [6.45, 7) is 5.53. The van der Waals surface area contributed by atoms with Crippen LogP contribution < -0.4 is 21.3 Å². The Bertz CT molecular complexity index is 926. The normalized spacial score (nSPS) is 16.9. The highest BCUT2D eigenvalue weighted by molar-refractivity contribution is 5.44. The smallest absolute Gasteiger partial charge is 0.328 e. The molecule has 3 rings (SSSR count). The van der Waals surface area contributed by atoms with Gasteiger partial charge in [-0.25, -0.2) is 4.79 Å². The standard InChI is InChI=1S/C21H29N3O4/c1-14-9-15(2)19(28-8-6-18-5-3-4-7-22-18)16(10-14)11-24-12-17(13-25)20(26)23-21(24)27/h9-10,12,18,22,25H,3-8,11,13H2,1-2H3,(H,23,26,27). The Morgan fingerprint density at radius 3 is 2.75 bits per heavy atom. The predicted octanol–water partition coefficient (Wildman–Crippen LogP) is 1.61. The lowest BCUT2D eigenvalue weighted by Gasteiger charge is -2.24. The summed E-state index contributed by atoms with van der Waals surface area (Å²) in [6.07, 6.45) is 6.03. The van der Waals surface area contributed by atoms with E-state index in [9.17, 15) is 14.7 Å². The van der Waals surface area contributed by atoms with Gasteiger partial charge in [-0.1, -0.05) is 24.1 Å². The SMILES string of the molecule is Cc1cc(C)c(OCCC2CCCCN2)c(Cn2cc(CO)c(=O)[nH]c2=O)c1. The monoisotopic (exact) mass is 387 g/mol. The van der Waals surface area contributed by atoms with E-state index in [1.807, 2.05) is 19.9 Å². The fourth-order valence-corrected chi connectivity index (χ4v) is 3.81. The van der Waals surface area contributed by atoms with Crippen LogP contribution in [0, 0.1) is 13.8 Å². The van der Waals surface area contributed by atoms with Crippen LogP contribution in [0.1, 0.15) is 47.9 Å². The molecule has 1 fully saturated rings. The summed E-state index contributed by atoms with van der Waals surface area (Å²) in [5.41, 5.74) is 2.08. The Morgan fingerprint density at radius 1 is 1.21 bits per heavy atom. The molecule has 1 aliphatic rings. The van der Waals surface area contributed by atoms with Crippen LogP contribution in [0.3, 0.4) is 0 Å². The van der Waals surface area contributed by atoms with Gasteiger partial charge in [0.15, 0.2) is 0 Å². The molecule has 1 atom stereocenters. The lowest BCUT2D eigenvalue weighted by Crippen LogP contribution is -2.35. The van der Waals surface area contributed by atoms with Crippen LogP contribution in [0.15, 0.2) is 27.9 Å². The third kappa shape index (κ3) is 4.91. The molecular weight excluding hydrogens is 358 g/mol. The van der Waals surface area contributed by atoms with E-state index >= 15 is 0 Å². The minimum atomic E-state index is -0.555. The van der Waals surface area contributed by atoms with Crippen LogP contribution in [0.25, 0.3) is 0 Å². The van der Waals surface area contributed by atoms with Crippen molar-refractivity contribution in [2.45, 2.75) is 58.7 Å². The molecule has 0 bridgehead atoms. The molecule has 0 radical (unpaired) electrons. The molecule has 2 aromatic rings. The van der Waals surface area contributed by atoms with Crippen molar-refractivity contribution >= 4 is 0 Å². The zero-order chi connectivity index (χ0) is 20.1. The molecular formula is C21H29N3O4. The zero-order valence-electron chi connectivity index (χ0n) is 16.6. The number of hydrogen-bond donors (Lipinski definition) is 3. The van der Waals surface area contributed by atoms with E-state index in [1.54, 1.807) is 0 Å². The van der Waals surface area contributed by atoms with Gasteiger partial charge in [0.1, 0.15) is 5.75 Å². The predicted molar refractivity (Wildman–Crippen MR) is 108 cm³/mol. The van der Waals surface area contributed by atoms with Crippen LogP contribution >= 0.6 is 0 Å². The molecule has 3 N–H and O–H groups in total. The first-order chi connectivity index (χ1) is 13.5. The van der Waals surface area contributed by atoms with E-state index in [2.05, 4.69) is 16.4 Å². The largest absolute Gasteiger partial charge is 0.493 e. The maximum atomic E-state index is 12.2. The Hall–Kier alpha value is -2.38. The van der Waals surface area contributed by atoms with E-state index in [0.29, 0.717) is 12.6 Å². The molecule has 1 aliphatic heterocycles. The minimum Gasteiger partial charge on any atom is -0.493 e. The highest BCUT2D eigenvalue weighted by atomic mass is 16.5. The van der Waals surface area contributed by atoms with Gasteiger partial charge in [0.05, 0.1) is 25.3 Å². The average molecular weight is 387 g/mol. The third-order valence-electron chi connectivity index (χ3n) is 5.22. The van der Waals surface area contributed by atoms with Crippen molar-refractivity contribution in [1.82, 2.24) is 14.9 Å². The second-order valence-electron chi connectivity index (χ2n) is 7.55. The fraction of sp³-hybridized carbons (Fsp3) is 0.524. The van der Waals surface area contributed by atoms with Gasteiger partial charge in [-0.2, -0.15) is 0 Å². The number of nitrogens with zero attached hydrogens (tertiary/aromatic N) is 1. The first-order valence-corrected chi connectivity index (χ1v) is 9.87. The number of aryl methyl sites for hydroxylation is 2. The lowest BCUT2D eigenvalue weighted by atomic mass is 10.0. The van der Waals surface area contributed by atoms with Crippen LogP contribution in [0.5, 0.6) is 5.75 Å². The highest BCUT2D eigenvalue weighted by Crippen LogP contribution is 2.26. The number of aliphatic hydroxyl groups is 1. The van der Waals surface area contributed by atoms with Gasteiger partial charge >= 0.3 is 5.69 Å². The highest BCUT2D eigenvalue weighted by Gasteiger charge is 2.15. The van der Waals surface area contributed by atoms with Crippen molar-refractivity contribution in [2.75, 3.05) is 13.2 Å². The Morgan fingerprint density at radius 2 is 2.04 bits per heavy atom. The van der Waals surface area contributed by atoms with Gasteiger partial charge in [0, 0.05) is 17.8 Å². The number of ether oxygens (including phenoxy) is 1. The number of piperidine rings is 1. The molecule has 1 aromatic heterocycles. The molecule has 7 heteroatoms. The number of aromatic nitrogens is 2. The topological polar surface area (TPSA) is 96.3 Å². The van der Waals surface area contributed by atoms with Crippen LogP contribution in [0.2, 0.25) is 0 Å². The number of nitrogens with one attached hydrogen (secondary N) is 2. The summed E-state index contributed by atoms with van der Waals surface area (Å²) in [4.78, 5) is 26.1. The molecule has 1 saturated heterocycles. The number of aliphatic hydroxyl groups excluding tert-OH is 1. The summed E-state index contributed by atoms with van der Waals surface area (Å²) in [6, 6.07) is 4.56. The molecule has 28 heavy (non-hydrogen) atoms. The molecule has 152 valence electrons. The molecule has 7 nitrogen and oxygen atoms in total. The van der Waals surface area contributed by atoms with Gasteiger partial charge in [-0.3, -0.25) is 14.3 Å². The zero-order valence-corrected chi connectivity index (χ0v) is 16.6. The number of benzene rings is 1. The third-order valence-corrected chi connectivity index (χ3v) is 5.22. The van der Waals surface area contributed by atoms with Gasteiger partial charge in [0.25, 0.3) is 5.56 Å². The van der Waals surface area contributed by atoms with Crippen molar-refractivity contribution in [2.24, 2.45) is 0 Å². The summed E-state index contributed by atoms with van der Waals surface area (Å²) in [7, 11) is 0. The van der Waals surface area contributed by atoms with Crippen molar-refractivity contribution in [3.05, 3.63) is 61.4 Å². The van der Waals surface area contributed by atoms with Crippen molar-refractivity contribution in [3.8, 4) is 5.75 Å². The van der Waals surface area contributed by atoms with Crippen molar-refractivity contribution in [1.29, 1.82) is 0 Å². The molecule has 2 heterocycles. The minimum absolute atomic E-state index is 0.162. The maximum Gasteiger partial charge on any atom is 0.328 e. The molecule has 1 aromatic carbocycles. The molecule has 0 spiro atoms. The Kier molecular flexibility index (Phi) is 6.70. The van der Waals surface area contributed by atoms with E-state index in [4.69, 9.17) is 4.74 Å². The van der Waals surface area contributed by atoms with E-state index in [-0.39, 0.29) is 12.1 Å². The summed E-state index contributed by atoms with van der Waals surface area (Å²) in [5.74, 6) is 0.782. The second kappa shape index (κ2) is 9.21. The first kappa shape index (κ1) is 20.4. The maximum absolute atomic E-state index is 12.2. The fourth-order valence-electron chi connectivity index (χ4n) is 3.81. The van der Waals surface area contributed by atoms with Crippen molar-refractivity contribution in [3.63, 3.8) is 0 Å². The quantitative estimate of drug-likeness (QED) is 0.671. The van der Waals surface area contributed by atoms with E-state index in [1.165, 1.54) is 30.0 Å².